The molecule has 1 unspecified atom stereocenters. The topological polar surface area (TPSA) is 47.3 Å². The Morgan fingerprint density at radius 1 is 1.29 bits per heavy atom. The van der Waals surface area contributed by atoms with Gasteiger partial charge in [-0.3, -0.25) is 9.69 Å². The molecule has 0 aliphatic rings. The minimum absolute atomic E-state index is 0.0698. The minimum atomic E-state index is 0.0698. The molecule has 1 aromatic rings. The predicted molar refractivity (Wildman–Crippen MR) is 85.0 cm³/mol. The molecule has 5 heteroatoms. The highest BCUT2D eigenvalue weighted by Crippen LogP contribution is 2.20. The first-order valence-electron chi connectivity index (χ1n) is 7.02. The van der Waals surface area contributed by atoms with Gasteiger partial charge in [-0.05, 0) is 31.7 Å². The Labute approximate surface area is 131 Å². The van der Waals surface area contributed by atoms with Gasteiger partial charge < -0.3 is 4.90 Å². The average molecular weight is 308 g/mol. The normalized spacial score (nSPS) is 12.0. The first kappa shape index (κ1) is 17.5. The van der Waals surface area contributed by atoms with Crippen molar-refractivity contribution < 1.29 is 4.79 Å². The van der Waals surface area contributed by atoms with Crippen molar-refractivity contribution in [2.75, 3.05) is 27.2 Å². The number of amides is 1. The van der Waals surface area contributed by atoms with Crippen molar-refractivity contribution in [3.63, 3.8) is 0 Å². The third kappa shape index (κ3) is 5.74. The van der Waals surface area contributed by atoms with Gasteiger partial charge in [-0.2, -0.15) is 5.26 Å². The third-order valence-electron chi connectivity index (χ3n) is 3.68. The molecule has 114 valence electrons. The van der Waals surface area contributed by atoms with Gasteiger partial charge in [-0.25, -0.2) is 0 Å². The fourth-order valence-electron chi connectivity index (χ4n) is 1.99. The van der Waals surface area contributed by atoms with Crippen LogP contribution < -0.4 is 0 Å². The molecule has 21 heavy (non-hydrogen) atoms. The summed E-state index contributed by atoms with van der Waals surface area (Å²) in [7, 11) is 3.74. The predicted octanol–water partition coefficient (Wildman–Crippen LogP) is 3.09. The Morgan fingerprint density at radius 3 is 2.48 bits per heavy atom. The second kappa shape index (κ2) is 8.66. The van der Waals surface area contributed by atoms with Crippen LogP contribution in [0.2, 0.25) is 5.02 Å². The van der Waals surface area contributed by atoms with E-state index in [0.717, 1.165) is 5.02 Å². The number of carbonyl (C=O) groups is 1. The van der Waals surface area contributed by atoms with Crippen molar-refractivity contribution >= 4 is 17.5 Å². The van der Waals surface area contributed by atoms with Crippen molar-refractivity contribution in [3.05, 3.63) is 34.9 Å². The first-order chi connectivity index (χ1) is 9.95. The molecule has 1 rings (SSSR count). The summed E-state index contributed by atoms with van der Waals surface area (Å²) in [5.41, 5.74) is 1.17. The molecule has 1 atom stereocenters. The number of halogens is 1. The van der Waals surface area contributed by atoms with Gasteiger partial charge in [-0.1, -0.05) is 23.7 Å². The Bertz CT molecular complexity index is 495. The molecule has 0 aromatic heterocycles. The number of hydrogen-bond acceptors (Lipinski definition) is 3. The molecule has 0 spiro atoms. The smallest absolute Gasteiger partial charge is 0.223 e. The standard InChI is InChI=1S/C16H22ClN3O/c1-13(14-5-7-15(17)8-6-14)19(2)12-9-16(21)20(3)11-4-10-18/h5-8,13H,4,9,11-12H2,1-3H3. The maximum atomic E-state index is 11.9. The van der Waals surface area contributed by atoms with Crippen LogP contribution in [0.15, 0.2) is 24.3 Å². The summed E-state index contributed by atoms with van der Waals surface area (Å²) in [6, 6.07) is 10.0. The molecule has 0 saturated heterocycles. The van der Waals surface area contributed by atoms with Gasteiger partial charge in [0.05, 0.1) is 12.5 Å². The summed E-state index contributed by atoms with van der Waals surface area (Å²) in [6.45, 7) is 3.28. The SMILES string of the molecule is CC(c1ccc(Cl)cc1)N(C)CCC(=O)N(C)CCC#N. The van der Waals surface area contributed by atoms with Crippen LogP contribution in [0.5, 0.6) is 0 Å². The number of nitrogens with zero attached hydrogens (tertiary/aromatic N) is 3. The molecule has 4 nitrogen and oxygen atoms in total. The largest absolute Gasteiger partial charge is 0.345 e. The molecule has 0 bridgehead atoms. The third-order valence-corrected chi connectivity index (χ3v) is 3.93. The van der Waals surface area contributed by atoms with E-state index in [1.165, 1.54) is 5.56 Å². The van der Waals surface area contributed by atoms with Gasteiger partial charge in [-0.15, -0.1) is 0 Å². The fraction of sp³-hybridized carbons (Fsp3) is 0.500. The van der Waals surface area contributed by atoms with Crippen LogP contribution in [0.1, 0.15) is 31.4 Å². The van der Waals surface area contributed by atoms with Gasteiger partial charge in [0.15, 0.2) is 0 Å². The summed E-state index contributed by atoms with van der Waals surface area (Å²) in [5.74, 6) is 0.0698. The lowest BCUT2D eigenvalue weighted by molar-refractivity contribution is -0.130. The van der Waals surface area contributed by atoms with Gasteiger partial charge in [0, 0.05) is 37.6 Å². The first-order valence-corrected chi connectivity index (χ1v) is 7.40. The van der Waals surface area contributed by atoms with E-state index in [2.05, 4.69) is 11.8 Å². The fourth-order valence-corrected chi connectivity index (χ4v) is 2.12. The average Bonchev–Trinajstić information content (AvgIpc) is 2.49. The molecule has 0 N–H and O–H groups in total. The molecular formula is C16H22ClN3O. The molecule has 0 saturated carbocycles. The molecule has 0 heterocycles. The van der Waals surface area contributed by atoms with Crippen LogP contribution in [-0.2, 0) is 4.79 Å². The lowest BCUT2D eigenvalue weighted by Gasteiger charge is -2.26. The highest BCUT2D eigenvalue weighted by molar-refractivity contribution is 6.30. The van der Waals surface area contributed by atoms with E-state index in [9.17, 15) is 4.79 Å². The highest BCUT2D eigenvalue weighted by atomic mass is 35.5. The van der Waals surface area contributed by atoms with E-state index in [4.69, 9.17) is 16.9 Å². The Hall–Kier alpha value is -1.57. The van der Waals surface area contributed by atoms with Crippen molar-refractivity contribution in [1.82, 2.24) is 9.80 Å². The van der Waals surface area contributed by atoms with Gasteiger partial charge in [0.2, 0.25) is 5.91 Å². The zero-order valence-electron chi connectivity index (χ0n) is 12.8. The number of carbonyl (C=O) groups excluding carboxylic acids is 1. The monoisotopic (exact) mass is 307 g/mol. The summed E-state index contributed by atoms with van der Waals surface area (Å²) >= 11 is 5.89. The molecular weight excluding hydrogens is 286 g/mol. The summed E-state index contributed by atoms with van der Waals surface area (Å²) in [6.07, 6.45) is 0.829. The van der Waals surface area contributed by atoms with E-state index in [1.807, 2.05) is 37.4 Å². The lowest BCUT2D eigenvalue weighted by Crippen LogP contribution is -2.32. The van der Waals surface area contributed by atoms with Crippen molar-refractivity contribution in [3.8, 4) is 6.07 Å². The van der Waals surface area contributed by atoms with Crippen molar-refractivity contribution in [2.45, 2.75) is 25.8 Å². The Kier molecular flexibility index (Phi) is 7.21. The Morgan fingerprint density at radius 2 is 1.90 bits per heavy atom. The summed E-state index contributed by atoms with van der Waals surface area (Å²) < 4.78 is 0. The van der Waals surface area contributed by atoms with Crippen LogP contribution in [0.25, 0.3) is 0 Å². The van der Waals surface area contributed by atoms with E-state index < -0.39 is 0 Å². The number of rotatable bonds is 7. The minimum Gasteiger partial charge on any atom is -0.345 e. The molecule has 0 aliphatic heterocycles. The van der Waals surface area contributed by atoms with Crippen molar-refractivity contribution in [1.29, 1.82) is 5.26 Å². The molecule has 1 amide bonds. The molecule has 0 radical (unpaired) electrons. The van der Waals surface area contributed by atoms with Crippen LogP contribution in [0.4, 0.5) is 0 Å². The molecule has 1 aromatic carbocycles. The van der Waals surface area contributed by atoms with Gasteiger partial charge in [0.1, 0.15) is 0 Å². The van der Waals surface area contributed by atoms with Gasteiger partial charge in [0.25, 0.3) is 0 Å². The summed E-state index contributed by atoms with van der Waals surface area (Å²) in [5, 5.41) is 9.25. The van der Waals surface area contributed by atoms with E-state index >= 15 is 0 Å². The van der Waals surface area contributed by atoms with E-state index in [0.29, 0.717) is 25.9 Å². The molecule has 0 fully saturated rings. The quantitative estimate of drug-likeness (QED) is 0.777. The second-order valence-corrected chi connectivity index (χ2v) is 5.62. The van der Waals surface area contributed by atoms with Gasteiger partial charge >= 0.3 is 0 Å². The van der Waals surface area contributed by atoms with Crippen LogP contribution >= 0.6 is 11.6 Å². The highest BCUT2D eigenvalue weighted by Gasteiger charge is 2.14. The Balaban J connectivity index is 2.46. The number of benzene rings is 1. The van der Waals surface area contributed by atoms with Crippen LogP contribution in [-0.4, -0.2) is 42.9 Å². The maximum absolute atomic E-state index is 11.9. The molecule has 0 aliphatic carbocycles. The second-order valence-electron chi connectivity index (χ2n) is 5.18. The van der Waals surface area contributed by atoms with Crippen LogP contribution in [0.3, 0.4) is 0 Å². The van der Waals surface area contributed by atoms with Crippen molar-refractivity contribution in [2.24, 2.45) is 0 Å². The maximum Gasteiger partial charge on any atom is 0.223 e. The van der Waals surface area contributed by atoms with E-state index in [-0.39, 0.29) is 11.9 Å². The van der Waals surface area contributed by atoms with E-state index in [1.54, 1.807) is 11.9 Å². The number of nitriles is 1. The van der Waals surface area contributed by atoms with Crippen LogP contribution in [0, 0.1) is 11.3 Å². The lowest BCUT2D eigenvalue weighted by atomic mass is 10.1. The summed E-state index contributed by atoms with van der Waals surface area (Å²) in [4.78, 5) is 15.7. The zero-order chi connectivity index (χ0) is 15.8. The number of hydrogen-bond donors (Lipinski definition) is 0. The zero-order valence-corrected chi connectivity index (χ0v) is 13.6.